The van der Waals surface area contributed by atoms with E-state index in [0.29, 0.717) is 5.92 Å². The first-order chi connectivity index (χ1) is 9.72. The molecule has 1 aliphatic rings. The number of hydrogen-bond acceptors (Lipinski definition) is 3. The van der Waals surface area contributed by atoms with Crippen LogP contribution in [0.15, 0.2) is 17.2 Å². The fraction of sp³-hybridized carbons (Fsp3) is 0.643. The van der Waals surface area contributed by atoms with Gasteiger partial charge in [-0.05, 0) is 45.6 Å². The summed E-state index contributed by atoms with van der Waals surface area (Å²) < 4.78 is 28.9. The Labute approximate surface area is 125 Å². The molecule has 0 radical (unpaired) electrons. The van der Waals surface area contributed by atoms with E-state index in [1.54, 1.807) is 0 Å². The summed E-state index contributed by atoms with van der Waals surface area (Å²) in [4.78, 5) is 11.2. The lowest BCUT2D eigenvalue weighted by Gasteiger charge is -2.31. The Morgan fingerprint density at radius 1 is 1.38 bits per heavy atom. The number of carboxylic acid groups (broad SMARTS) is 1. The minimum absolute atomic E-state index is 0.0123. The molecule has 0 spiro atoms. The normalized spacial score (nSPS) is 17.7. The third kappa shape index (κ3) is 3.29. The van der Waals surface area contributed by atoms with E-state index in [4.69, 9.17) is 0 Å². The predicted octanol–water partition coefficient (Wildman–Crippen LogP) is 2.23. The third-order valence-corrected chi connectivity index (χ3v) is 5.63. The second kappa shape index (κ2) is 5.81. The number of hydrogen-bond donors (Lipinski definition) is 2. The van der Waals surface area contributed by atoms with Crippen molar-refractivity contribution in [3.05, 3.63) is 18.0 Å². The molecular formula is C14H22N2O4S. The van der Waals surface area contributed by atoms with Crippen molar-refractivity contribution in [3.63, 3.8) is 0 Å². The van der Waals surface area contributed by atoms with Crippen LogP contribution in [-0.2, 0) is 10.0 Å². The summed E-state index contributed by atoms with van der Waals surface area (Å²) in [5.41, 5.74) is -0.0123. The zero-order valence-corrected chi connectivity index (χ0v) is 13.4. The van der Waals surface area contributed by atoms with Gasteiger partial charge < -0.3 is 9.67 Å². The van der Waals surface area contributed by atoms with Gasteiger partial charge in [-0.3, -0.25) is 0 Å². The van der Waals surface area contributed by atoms with Gasteiger partial charge in [-0.15, -0.1) is 0 Å². The lowest BCUT2D eigenvalue weighted by atomic mass is 9.81. The minimum atomic E-state index is -3.68. The number of rotatable bonds is 6. The summed E-state index contributed by atoms with van der Waals surface area (Å²) in [6.45, 7) is 5.49. The highest BCUT2D eigenvalue weighted by Crippen LogP contribution is 2.30. The quantitative estimate of drug-likeness (QED) is 0.843. The Hall–Kier alpha value is -1.34. The van der Waals surface area contributed by atoms with E-state index in [-0.39, 0.29) is 22.7 Å². The first-order valence-electron chi connectivity index (χ1n) is 7.20. The fourth-order valence-corrected chi connectivity index (χ4v) is 3.89. The van der Waals surface area contributed by atoms with E-state index in [2.05, 4.69) is 4.72 Å². The lowest BCUT2D eigenvalue weighted by Crippen LogP contribution is -2.40. The maximum absolute atomic E-state index is 12.4. The van der Waals surface area contributed by atoms with Gasteiger partial charge in [0.25, 0.3) is 0 Å². The van der Waals surface area contributed by atoms with Crippen LogP contribution in [0.4, 0.5) is 0 Å². The summed E-state index contributed by atoms with van der Waals surface area (Å²) in [5.74, 6) is -0.747. The molecule has 0 aromatic carbocycles. The monoisotopic (exact) mass is 314 g/mol. The molecule has 6 nitrogen and oxygen atoms in total. The van der Waals surface area contributed by atoms with E-state index in [1.165, 1.54) is 16.8 Å². The molecule has 1 fully saturated rings. The highest BCUT2D eigenvalue weighted by molar-refractivity contribution is 7.89. The maximum Gasteiger partial charge on any atom is 0.352 e. The average Bonchev–Trinajstić information content (AvgIpc) is 2.70. The van der Waals surface area contributed by atoms with Crippen LogP contribution in [0.5, 0.6) is 0 Å². The second-order valence-electron chi connectivity index (χ2n) is 5.97. The van der Waals surface area contributed by atoms with Crippen molar-refractivity contribution in [3.8, 4) is 0 Å². The Bertz CT molecular complexity index is 629. The Morgan fingerprint density at radius 3 is 2.38 bits per heavy atom. The summed E-state index contributed by atoms with van der Waals surface area (Å²) in [6, 6.07) is 0.974. The highest BCUT2D eigenvalue weighted by Gasteiger charge is 2.29. The van der Waals surface area contributed by atoms with Gasteiger partial charge in [-0.2, -0.15) is 0 Å². The van der Waals surface area contributed by atoms with E-state index >= 15 is 0 Å². The van der Waals surface area contributed by atoms with Crippen LogP contribution in [0, 0.1) is 5.92 Å². The van der Waals surface area contributed by atoms with Crippen molar-refractivity contribution in [1.82, 2.24) is 9.29 Å². The molecule has 0 aliphatic heterocycles. The van der Waals surface area contributed by atoms with Crippen LogP contribution in [-0.4, -0.2) is 30.1 Å². The standard InChI is InChI=1S/C14H22N2O4S/c1-9(2)16-8-12(7-13(16)14(17)18)21(19,20)15-10(3)11-5-4-6-11/h7-11,15H,4-6H2,1-3H3,(H,17,18). The van der Waals surface area contributed by atoms with Gasteiger partial charge >= 0.3 is 5.97 Å². The molecule has 2 N–H and O–H groups in total. The molecule has 1 aromatic heterocycles. The molecule has 1 atom stereocenters. The van der Waals surface area contributed by atoms with Crippen LogP contribution >= 0.6 is 0 Å². The number of sulfonamides is 1. The second-order valence-corrected chi connectivity index (χ2v) is 7.68. The number of carbonyl (C=O) groups is 1. The van der Waals surface area contributed by atoms with Crippen LogP contribution in [0.2, 0.25) is 0 Å². The molecule has 118 valence electrons. The molecular weight excluding hydrogens is 292 g/mol. The summed E-state index contributed by atoms with van der Waals surface area (Å²) in [5, 5.41) is 9.17. The van der Waals surface area contributed by atoms with Crippen molar-refractivity contribution in [2.24, 2.45) is 5.92 Å². The largest absolute Gasteiger partial charge is 0.477 e. The van der Waals surface area contributed by atoms with Gasteiger partial charge in [0.15, 0.2) is 0 Å². The molecule has 2 rings (SSSR count). The average molecular weight is 314 g/mol. The van der Waals surface area contributed by atoms with Gasteiger partial charge in [0.05, 0.1) is 0 Å². The van der Waals surface area contributed by atoms with Crippen LogP contribution < -0.4 is 4.72 Å². The predicted molar refractivity (Wildman–Crippen MR) is 78.9 cm³/mol. The van der Waals surface area contributed by atoms with Crippen LogP contribution in [0.3, 0.4) is 0 Å². The Morgan fingerprint density at radius 2 is 2.00 bits per heavy atom. The maximum atomic E-state index is 12.4. The zero-order chi connectivity index (χ0) is 15.8. The number of carboxylic acids is 1. The molecule has 0 bridgehead atoms. The topological polar surface area (TPSA) is 88.4 Å². The van der Waals surface area contributed by atoms with Gasteiger partial charge in [0.1, 0.15) is 10.6 Å². The molecule has 1 saturated carbocycles. The smallest absolute Gasteiger partial charge is 0.352 e. The Kier molecular flexibility index (Phi) is 4.43. The highest BCUT2D eigenvalue weighted by atomic mass is 32.2. The molecule has 1 aromatic rings. The summed E-state index contributed by atoms with van der Waals surface area (Å²) in [7, 11) is -3.68. The van der Waals surface area contributed by atoms with Gasteiger partial charge in [-0.1, -0.05) is 6.42 Å². The summed E-state index contributed by atoms with van der Waals surface area (Å²) >= 11 is 0. The van der Waals surface area contributed by atoms with Crippen molar-refractivity contribution < 1.29 is 18.3 Å². The summed E-state index contributed by atoms with van der Waals surface area (Å²) in [6.07, 6.45) is 4.61. The number of nitrogens with one attached hydrogen (secondary N) is 1. The van der Waals surface area contributed by atoms with Crippen molar-refractivity contribution in [2.45, 2.75) is 57.0 Å². The lowest BCUT2D eigenvalue weighted by molar-refractivity contribution is 0.0683. The van der Waals surface area contributed by atoms with E-state index in [9.17, 15) is 18.3 Å². The molecule has 21 heavy (non-hydrogen) atoms. The van der Waals surface area contributed by atoms with Crippen molar-refractivity contribution >= 4 is 16.0 Å². The Balaban J connectivity index is 2.27. The number of aromatic nitrogens is 1. The minimum Gasteiger partial charge on any atom is -0.477 e. The first-order valence-corrected chi connectivity index (χ1v) is 8.68. The molecule has 1 heterocycles. The van der Waals surface area contributed by atoms with E-state index < -0.39 is 16.0 Å². The molecule has 7 heteroatoms. The molecule has 0 saturated heterocycles. The van der Waals surface area contributed by atoms with E-state index in [0.717, 1.165) is 19.3 Å². The first kappa shape index (κ1) is 16.0. The number of nitrogens with zero attached hydrogens (tertiary/aromatic N) is 1. The molecule has 0 amide bonds. The van der Waals surface area contributed by atoms with Gasteiger partial charge in [-0.25, -0.2) is 17.9 Å². The third-order valence-electron chi connectivity index (χ3n) is 4.11. The van der Waals surface area contributed by atoms with Crippen molar-refractivity contribution in [1.29, 1.82) is 0 Å². The van der Waals surface area contributed by atoms with Crippen molar-refractivity contribution in [2.75, 3.05) is 0 Å². The molecule has 1 aliphatic carbocycles. The SMILES string of the molecule is CC(NS(=O)(=O)c1cc(C(=O)O)n(C(C)C)c1)C1CCC1. The van der Waals surface area contributed by atoms with E-state index in [1.807, 2.05) is 20.8 Å². The zero-order valence-electron chi connectivity index (χ0n) is 12.5. The number of aromatic carboxylic acids is 1. The van der Waals surface area contributed by atoms with Gasteiger partial charge in [0.2, 0.25) is 10.0 Å². The van der Waals surface area contributed by atoms with Crippen LogP contribution in [0.25, 0.3) is 0 Å². The van der Waals surface area contributed by atoms with Gasteiger partial charge in [0, 0.05) is 18.3 Å². The van der Waals surface area contributed by atoms with Crippen LogP contribution in [0.1, 0.15) is 56.6 Å². The fourth-order valence-electron chi connectivity index (χ4n) is 2.55. The molecule has 1 unspecified atom stereocenters.